The zero-order valence-electron chi connectivity index (χ0n) is 18.4. The summed E-state index contributed by atoms with van der Waals surface area (Å²) in [6.45, 7) is 4.57. The predicted molar refractivity (Wildman–Crippen MR) is 119 cm³/mol. The third-order valence-electron chi connectivity index (χ3n) is 7.52. The fraction of sp³-hybridized carbons (Fsp3) is 0.625. The molecule has 1 aromatic carbocycles. The number of aliphatic carboxylic acids is 2. The summed E-state index contributed by atoms with van der Waals surface area (Å²) < 4.78 is 0. The topological polar surface area (TPSA) is 124 Å². The van der Waals surface area contributed by atoms with E-state index < -0.39 is 18.0 Å². The van der Waals surface area contributed by atoms with E-state index in [1.165, 1.54) is 49.9 Å². The maximum absolute atomic E-state index is 13.1. The van der Waals surface area contributed by atoms with Crippen LogP contribution in [0.4, 0.5) is 0 Å². The Morgan fingerprint density at radius 2 is 1.88 bits per heavy atom. The van der Waals surface area contributed by atoms with Crippen LogP contribution in [0.15, 0.2) is 18.2 Å². The first-order valence-electron chi connectivity index (χ1n) is 11.7. The van der Waals surface area contributed by atoms with E-state index in [0.29, 0.717) is 17.9 Å². The van der Waals surface area contributed by atoms with E-state index in [0.717, 1.165) is 31.0 Å². The lowest BCUT2D eigenvalue weighted by Gasteiger charge is -2.51. The molecule has 2 bridgehead atoms. The van der Waals surface area contributed by atoms with Crippen LogP contribution in [0.25, 0.3) is 0 Å². The number of amides is 1. The highest BCUT2D eigenvalue weighted by atomic mass is 16.4. The van der Waals surface area contributed by atoms with Crippen molar-refractivity contribution < 1.29 is 24.6 Å². The quantitative estimate of drug-likeness (QED) is 0.635. The van der Waals surface area contributed by atoms with E-state index in [1.54, 1.807) is 0 Å². The number of rotatable bonds is 5. The lowest BCUT2D eigenvalue weighted by Crippen LogP contribution is -2.60. The largest absolute Gasteiger partial charge is 0.481 e. The van der Waals surface area contributed by atoms with Crippen molar-refractivity contribution in [1.29, 1.82) is 0 Å². The van der Waals surface area contributed by atoms with Gasteiger partial charge in [-0.15, -0.1) is 0 Å². The van der Waals surface area contributed by atoms with Crippen molar-refractivity contribution in [3.8, 4) is 0 Å². The Kier molecular flexibility index (Phi) is 6.81. The maximum atomic E-state index is 13.1. The summed E-state index contributed by atoms with van der Waals surface area (Å²) in [6.07, 6.45) is 6.04. The molecule has 8 heteroatoms. The molecule has 4 heterocycles. The minimum absolute atomic E-state index is 0.0231. The number of piperidine rings is 3. The van der Waals surface area contributed by atoms with Crippen molar-refractivity contribution in [1.82, 2.24) is 9.80 Å². The van der Waals surface area contributed by atoms with Gasteiger partial charge in [-0.05, 0) is 74.7 Å². The number of nitrogens with two attached hydrogens (primary N) is 1. The average molecular weight is 444 g/mol. The van der Waals surface area contributed by atoms with Gasteiger partial charge >= 0.3 is 11.9 Å². The first kappa shape index (κ1) is 22.7. The normalized spacial score (nSPS) is 28.9. The van der Waals surface area contributed by atoms with Crippen LogP contribution in [0.1, 0.15) is 65.9 Å². The van der Waals surface area contributed by atoms with E-state index in [-0.39, 0.29) is 12.8 Å². The Balaban J connectivity index is 0.000000211. The van der Waals surface area contributed by atoms with E-state index in [4.69, 9.17) is 15.9 Å². The predicted octanol–water partition coefficient (Wildman–Crippen LogP) is 1.92. The molecule has 174 valence electrons. The maximum Gasteiger partial charge on any atom is 0.320 e. The summed E-state index contributed by atoms with van der Waals surface area (Å²) in [4.78, 5) is 37.8. The summed E-state index contributed by atoms with van der Waals surface area (Å²) in [7, 11) is 0. The molecule has 3 saturated heterocycles. The second-order valence-corrected chi connectivity index (χ2v) is 9.51. The monoisotopic (exact) mass is 443 g/mol. The zero-order valence-corrected chi connectivity index (χ0v) is 18.4. The molecule has 3 fully saturated rings. The Bertz CT molecular complexity index is 880. The molecule has 1 aromatic rings. The van der Waals surface area contributed by atoms with E-state index >= 15 is 0 Å². The number of carbonyl (C=O) groups is 3. The molecule has 32 heavy (non-hydrogen) atoms. The third kappa shape index (κ3) is 4.66. The molecular weight excluding hydrogens is 410 g/mol. The number of aryl methyl sites for hydroxylation is 1. The Labute approximate surface area is 188 Å². The minimum Gasteiger partial charge on any atom is -0.481 e. The number of carbonyl (C=O) groups excluding carboxylic acids is 1. The first-order chi connectivity index (χ1) is 15.3. The van der Waals surface area contributed by atoms with Crippen LogP contribution >= 0.6 is 0 Å². The van der Waals surface area contributed by atoms with Crippen LogP contribution in [0.3, 0.4) is 0 Å². The van der Waals surface area contributed by atoms with Crippen molar-refractivity contribution in [3.63, 3.8) is 0 Å². The molecule has 0 saturated carbocycles. The Morgan fingerprint density at radius 3 is 2.50 bits per heavy atom. The Morgan fingerprint density at radius 1 is 1.12 bits per heavy atom. The smallest absolute Gasteiger partial charge is 0.320 e. The molecule has 8 nitrogen and oxygen atoms in total. The fourth-order valence-electron chi connectivity index (χ4n) is 5.82. The number of hydrogen-bond acceptors (Lipinski definition) is 5. The van der Waals surface area contributed by atoms with Crippen LogP contribution in [-0.4, -0.2) is 76.1 Å². The average Bonchev–Trinajstić information content (AvgIpc) is 2.80. The second-order valence-electron chi connectivity index (χ2n) is 9.51. The molecule has 1 unspecified atom stereocenters. The SMILES string of the molecule is NC(CCC(=O)O)C(=O)O.O=C1c2cccc3c2[C@H](CCC3)CN1[C@@H]1CN2CCC1CC2. The van der Waals surface area contributed by atoms with Gasteiger partial charge in [0.25, 0.3) is 5.91 Å². The molecule has 6 rings (SSSR count). The summed E-state index contributed by atoms with van der Waals surface area (Å²) in [5.74, 6) is -0.554. The fourth-order valence-corrected chi connectivity index (χ4v) is 5.82. The molecule has 4 aliphatic heterocycles. The molecule has 1 amide bonds. The van der Waals surface area contributed by atoms with Crippen molar-refractivity contribution in [2.75, 3.05) is 26.2 Å². The molecule has 0 radical (unpaired) electrons. The Hall–Kier alpha value is -2.45. The molecule has 5 aliphatic rings. The van der Waals surface area contributed by atoms with Gasteiger partial charge in [-0.2, -0.15) is 0 Å². The molecule has 1 aliphatic carbocycles. The van der Waals surface area contributed by atoms with Gasteiger partial charge in [0.05, 0.1) is 0 Å². The van der Waals surface area contributed by atoms with Gasteiger partial charge in [-0.1, -0.05) is 12.1 Å². The van der Waals surface area contributed by atoms with Crippen LogP contribution in [0, 0.1) is 5.92 Å². The molecular formula is C24H33N3O5. The molecule has 0 aromatic heterocycles. The number of fused-ring (bicyclic) bond motifs is 3. The molecule has 4 N–H and O–H groups in total. The molecule has 0 spiro atoms. The number of carboxylic acid groups (broad SMARTS) is 2. The highest BCUT2D eigenvalue weighted by Crippen LogP contribution is 2.41. The number of benzene rings is 1. The van der Waals surface area contributed by atoms with Crippen molar-refractivity contribution in [3.05, 3.63) is 34.9 Å². The standard InChI is InChI=1S/C19H24N2O.C5H9NO4/c22-19-16-6-2-4-14-3-1-5-15(18(14)16)11-21(19)17-12-20-9-7-13(17)8-10-20;6-3(5(9)10)1-2-4(7)8/h2,4,6,13,15,17H,1,3,5,7-12H2;3H,1-2,6H2,(H,7,8)(H,9,10)/t15-,17-;/m1./s1. The van der Waals surface area contributed by atoms with Gasteiger partial charge < -0.3 is 25.7 Å². The number of carboxylic acids is 2. The lowest BCUT2D eigenvalue weighted by atomic mass is 9.75. The summed E-state index contributed by atoms with van der Waals surface area (Å²) in [5, 5.41) is 16.3. The third-order valence-corrected chi connectivity index (χ3v) is 7.52. The summed E-state index contributed by atoms with van der Waals surface area (Å²) in [6, 6.07) is 5.81. The minimum atomic E-state index is -1.17. The highest BCUT2D eigenvalue weighted by molar-refractivity contribution is 5.98. The van der Waals surface area contributed by atoms with E-state index in [9.17, 15) is 14.4 Å². The van der Waals surface area contributed by atoms with E-state index in [2.05, 4.69) is 28.0 Å². The van der Waals surface area contributed by atoms with Crippen LogP contribution in [0.5, 0.6) is 0 Å². The van der Waals surface area contributed by atoms with Crippen LogP contribution in [0.2, 0.25) is 0 Å². The second kappa shape index (κ2) is 9.58. The summed E-state index contributed by atoms with van der Waals surface area (Å²) in [5.41, 5.74) is 8.86. The number of nitrogens with zero attached hydrogens (tertiary/aromatic N) is 2. The number of hydrogen-bond donors (Lipinski definition) is 3. The first-order valence-corrected chi connectivity index (χ1v) is 11.7. The van der Waals surface area contributed by atoms with Crippen molar-refractivity contribution in [2.45, 2.75) is 62.9 Å². The van der Waals surface area contributed by atoms with Gasteiger partial charge in [-0.25, -0.2) is 0 Å². The summed E-state index contributed by atoms with van der Waals surface area (Å²) >= 11 is 0. The van der Waals surface area contributed by atoms with Gasteiger partial charge in [0.1, 0.15) is 6.04 Å². The lowest BCUT2D eigenvalue weighted by molar-refractivity contribution is -0.139. The van der Waals surface area contributed by atoms with Gasteiger partial charge in [0, 0.05) is 37.0 Å². The van der Waals surface area contributed by atoms with E-state index in [1.807, 2.05) is 0 Å². The van der Waals surface area contributed by atoms with Crippen molar-refractivity contribution in [2.24, 2.45) is 11.7 Å². The van der Waals surface area contributed by atoms with Gasteiger partial charge in [0.15, 0.2) is 0 Å². The van der Waals surface area contributed by atoms with Gasteiger partial charge in [-0.3, -0.25) is 14.4 Å². The zero-order chi connectivity index (χ0) is 22.8. The van der Waals surface area contributed by atoms with Crippen molar-refractivity contribution >= 4 is 17.8 Å². The van der Waals surface area contributed by atoms with Crippen LogP contribution < -0.4 is 5.73 Å². The van der Waals surface area contributed by atoms with Gasteiger partial charge in [0.2, 0.25) is 0 Å². The highest BCUT2D eigenvalue weighted by Gasteiger charge is 2.43. The van der Waals surface area contributed by atoms with Crippen LogP contribution in [-0.2, 0) is 16.0 Å². The molecule has 3 atom stereocenters.